The zero-order chi connectivity index (χ0) is 19.7. The Kier molecular flexibility index (Phi) is 4.87. The molecule has 2 aromatic rings. The number of halogens is 3. The number of anilines is 1. The number of hydrogen-bond acceptors (Lipinski definition) is 4. The van der Waals surface area contributed by atoms with Gasteiger partial charge < -0.3 is 15.0 Å². The summed E-state index contributed by atoms with van der Waals surface area (Å²) in [4.78, 5) is 18.8. The Morgan fingerprint density at radius 2 is 1.86 bits per heavy atom. The molecule has 1 aromatic carbocycles. The molecule has 0 spiro atoms. The molecule has 28 heavy (non-hydrogen) atoms. The molecule has 1 aliphatic carbocycles. The van der Waals surface area contributed by atoms with E-state index in [2.05, 4.69) is 10.3 Å². The Morgan fingerprint density at radius 3 is 2.43 bits per heavy atom. The lowest BCUT2D eigenvalue weighted by Crippen LogP contribution is -2.38. The second-order valence-electron chi connectivity index (χ2n) is 7.14. The minimum Gasteiger partial charge on any atom is -0.453 e. The maximum Gasteiger partial charge on any atom is 0.416 e. The predicted molar refractivity (Wildman–Crippen MR) is 97.6 cm³/mol. The van der Waals surface area contributed by atoms with Gasteiger partial charge in [0.1, 0.15) is 11.4 Å². The largest absolute Gasteiger partial charge is 0.453 e. The molecule has 0 atom stereocenters. The molecule has 2 heterocycles. The summed E-state index contributed by atoms with van der Waals surface area (Å²) in [5.41, 5.74) is -0.425. The molecule has 1 saturated heterocycles. The van der Waals surface area contributed by atoms with E-state index in [4.69, 9.17) is 4.74 Å². The van der Waals surface area contributed by atoms with Gasteiger partial charge in [-0.15, -0.1) is 0 Å². The molecule has 0 radical (unpaired) electrons. The summed E-state index contributed by atoms with van der Waals surface area (Å²) < 4.78 is 43.9. The molecule has 1 N–H and O–H groups in total. The molecule has 2 aliphatic rings. The van der Waals surface area contributed by atoms with Gasteiger partial charge in [0.15, 0.2) is 11.6 Å². The maximum atomic E-state index is 12.7. The van der Waals surface area contributed by atoms with Gasteiger partial charge in [-0.1, -0.05) is 0 Å². The molecule has 148 valence electrons. The van der Waals surface area contributed by atoms with Gasteiger partial charge in [0.05, 0.1) is 5.56 Å². The summed E-state index contributed by atoms with van der Waals surface area (Å²) in [7, 11) is 0. The molecule has 1 aromatic heterocycles. The average Bonchev–Trinajstić information content (AvgIpc) is 3.44. The van der Waals surface area contributed by atoms with Crippen molar-refractivity contribution in [2.75, 3.05) is 24.5 Å². The SMILES string of the molecule is O=C(NCC1CC1)c1ccc(Oc2ccc(C(F)(F)F)cc2)c(N2CCC2)n1. The first-order valence-corrected chi connectivity index (χ1v) is 9.29. The number of rotatable bonds is 6. The predicted octanol–water partition coefficient (Wildman–Crippen LogP) is 4.24. The molecule has 1 aliphatic heterocycles. The summed E-state index contributed by atoms with van der Waals surface area (Å²) >= 11 is 0. The van der Waals surface area contributed by atoms with Crippen LogP contribution in [0.5, 0.6) is 11.5 Å². The molecule has 0 bridgehead atoms. The van der Waals surface area contributed by atoms with Crippen molar-refractivity contribution in [1.82, 2.24) is 10.3 Å². The van der Waals surface area contributed by atoms with Crippen LogP contribution in [0, 0.1) is 5.92 Å². The number of amides is 1. The zero-order valence-corrected chi connectivity index (χ0v) is 15.1. The van der Waals surface area contributed by atoms with Crippen molar-refractivity contribution < 1.29 is 22.7 Å². The van der Waals surface area contributed by atoms with Crippen LogP contribution in [0.25, 0.3) is 0 Å². The maximum absolute atomic E-state index is 12.7. The highest BCUT2D eigenvalue weighted by Crippen LogP contribution is 2.35. The first-order chi connectivity index (χ1) is 13.4. The van der Waals surface area contributed by atoms with E-state index in [1.165, 1.54) is 12.1 Å². The molecular weight excluding hydrogens is 371 g/mol. The van der Waals surface area contributed by atoms with Crippen molar-refractivity contribution in [2.24, 2.45) is 5.92 Å². The van der Waals surface area contributed by atoms with E-state index in [0.29, 0.717) is 29.7 Å². The quantitative estimate of drug-likeness (QED) is 0.800. The van der Waals surface area contributed by atoms with E-state index < -0.39 is 11.7 Å². The number of benzene rings is 1. The third-order valence-electron chi connectivity index (χ3n) is 4.89. The smallest absolute Gasteiger partial charge is 0.416 e. The van der Waals surface area contributed by atoms with Crippen molar-refractivity contribution in [3.8, 4) is 11.5 Å². The monoisotopic (exact) mass is 391 g/mol. The minimum absolute atomic E-state index is 0.227. The highest BCUT2D eigenvalue weighted by Gasteiger charge is 2.30. The van der Waals surface area contributed by atoms with Gasteiger partial charge in [-0.2, -0.15) is 13.2 Å². The van der Waals surface area contributed by atoms with Crippen molar-refractivity contribution in [1.29, 1.82) is 0 Å². The lowest BCUT2D eigenvalue weighted by molar-refractivity contribution is -0.137. The van der Waals surface area contributed by atoms with Crippen LogP contribution in [-0.4, -0.2) is 30.5 Å². The standard InChI is InChI=1S/C20H20F3N3O2/c21-20(22,23)14-4-6-15(7-5-14)28-17-9-8-16(19(27)24-12-13-2-3-13)25-18(17)26-10-1-11-26/h4-9,13H,1-3,10-12H2,(H,24,27). The van der Waals surface area contributed by atoms with E-state index in [9.17, 15) is 18.0 Å². The molecule has 0 unspecified atom stereocenters. The molecule has 8 heteroatoms. The lowest BCUT2D eigenvalue weighted by Gasteiger charge is -2.33. The van der Waals surface area contributed by atoms with E-state index in [0.717, 1.165) is 44.5 Å². The van der Waals surface area contributed by atoms with Gasteiger partial charge in [0.2, 0.25) is 0 Å². The number of hydrogen-bond donors (Lipinski definition) is 1. The van der Waals surface area contributed by atoms with Crippen LogP contribution in [-0.2, 0) is 6.18 Å². The Labute approximate surface area is 160 Å². The molecule has 5 nitrogen and oxygen atoms in total. The van der Waals surface area contributed by atoms with Gasteiger partial charge in [-0.3, -0.25) is 4.79 Å². The molecule has 1 amide bonds. The van der Waals surface area contributed by atoms with Gasteiger partial charge in [-0.05, 0) is 61.6 Å². The van der Waals surface area contributed by atoms with Crippen LogP contribution in [0.3, 0.4) is 0 Å². The molecule has 4 rings (SSSR count). The summed E-state index contributed by atoms with van der Waals surface area (Å²) in [6.45, 7) is 2.25. The van der Waals surface area contributed by atoms with Gasteiger partial charge in [0.25, 0.3) is 5.91 Å². The Bertz CT molecular complexity index is 860. The summed E-state index contributed by atoms with van der Waals surface area (Å²) in [6.07, 6.45) is -1.09. The van der Waals surface area contributed by atoms with Crippen LogP contribution in [0.2, 0.25) is 0 Å². The molecular formula is C20H20F3N3O2. The molecule has 2 fully saturated rings. The topological polar surface area (TPSA) is 54.5 Å². The number of carbonyl (C=O) groups is 1. The number of nitrogens with one attached hydrogen (secondary N) is 1. The van der Waals surface area contributed by atoms with E-state index >= 15 is 0 Å². The third kappa shape index (κ3) is 4.21. The van der Waals surface area contributed by atoms with Gasteiger partial charge in [0, 0.05) is 19.6 Å². The minimum atomic E-state index is -4.39. The third-order valence-corrected chi connectivity index (χ3v) is 4.89. The molecule has 1 saturated carbocycles. The lowest BCUT2D eigenvalue weighted by atomic mass is 10.2. The highest BCUT2D eigenvalue weighted by molar-refractivity contribution is 5.93. The van der Waals surface area contributed by atoms with Crippen molar-refractivity contribution >= 4 is 11.7 Å². The van der Waals surface area contributed by atoms with E-state index in [1.807, 2.05) is 4.90 Å². The van der Waals surface area contributed by atoms with Crippen LogP contribution in [0.15, 0.2) is 36.4 Å². The number of alkyl halides is 3. The average molecular weight is 391 g/mol. The van der Waals surface area contributed by atoms with E-state index in [1.54, 1.807) is 12.1 Å². The summed E-state index contributed by atoms with van der Waals surface area (Å²) in [5.74, 6) is 1.57. The fourth-order valence-electron chi connectivity index (χ4n) is 2.88. The van der Waals surface area contributed by atoms with Crippen LogP contribution >= 0.6 is 0 Å². The number of nitrogens with zero attached hydrogens (tertiary/aromatic N) is 2. The summed E-state index contributed by atoms with van der Waals surface area (Å²) in [6, 6.07) is 7.73. The first kappa shape index (κ1) is 18.6. The number of carbonyl (C=O) groups excluding carboxylic acids is 1. The second kappa shape index (κ2) is 7.33. The van der Waals surface area contributed by atoms with Crippen LogP contribution < -0.4 is 15.0 Å². The van der Waals surface area contributed by atoms with Gasteiger partial charge >= 0.3 is 6.18 Å². The number of pyridine rings is 1. The normalized spacial score (nSPS) is 16.5. The zero-order valence-electron chi connectivity index (χ0n) is 15.1. The van der Waals surface area contributed by atoms with Crippen molar-refractivity contribution in [3.63, 3.8) is 0 Å². The fourth-order valence-corrected chi connectivity index (χ4v) is 2.88. The Morgan fingerprint density at radius 1 is 1.14 bits per heavy atom. The van der Waals surface area contributed by atoms with Gasteiger partial charge in [-0.25, -0.2) is 4.98 Å². The number of aromatic nitrogens is 1. The fraction of sp³-hybridized carbons (Fsp3) is 0.400. The Balaban J connectivity index is 1.53. The number of ether oxygens (including phenoxy) is 1. The van der Waals surface area contributed by atoms with Crippen LogP contribution in [0.1, 0.15) is 35.3 Å². The first-order valence-electron chi connectivity index (χ1n) is 9.29. The van der Waals surface area contributed by atoms with Crippen LogP contribution in [0.4, 0.5) is 19.0 Å². The Hall–Kier alpha value is -2.77. The van der Waals surface area contributed by atoms with E-state index in [-0.39, 0.29) is 11.7 Å². The van der Waals surface area contributed by atoms with Crippen molar-refractivity contribution in [3.05, 3.63) is 47.7 Å². The second-order valence-corrected chi connectivity index (χ2v) is 7.14. The summed E-state index contributed by atoms with van der Waals surface area (Å²) in [5, 5.41) is 2.89. The van der Waals surface area contributed by atoms with Crippen molar-refractivity contribution in [2.45, 2.75) is 25.4 Å². The highest BCUT2D eigenvalue weighted by atomic mass is 19.4.